The Morgan fingerprint density at radius 1 is 1.07 bits per heavy atom. The number of nitrogens with one attached hydrogen (secondary N) is 1. The van der Waals surface area contributed by atoms with Crippen molar-refractivity contribution < 1.29 is 19.1 Å². The molecule has 4 aliphatic heterocycles. The fourth-order valence-electron chi connectivity index (χ4n) is 5.84. The standard InChI is InChI=1S/C17H15N3O3.C15H22N2O/c1-20-15-11-8-9(2-4-12(11)23-17(15)20)22-13-6-7-18-16-10(13)3-5-14(21)19-16;1-3-16-6-8-17(9-7-16)11-15-5-4-14(12-18)10-13(15)2/h2,4,6-8,15,17H,3,5H2,1H3,(H,18,19,21);4-5,10,12H,3,6-9,11H2,1-2H3. The fraction of sp³-hybridized carbons (Fsp3) is 0.406. The SMILES string of the molecule is CCN1CCN(Cc2ccc(C=O)cc2C)CC1.CN1C2Oc3ccc(Oc4ccnc5c4CCC(=O)N5)cc3C21. The van der Waals surface area contributed by atoms with Gasteiger partial charge in [-0.1, -0.05) is 19.1 Å². The van der Waals surface area contributed by atoms with E-state index in [1.165, 1.54) is 29.8 Å². The van der Waals surface area contributed by atoms with Crippen molar-refractivity contribution in [1.82, 2.24) is 19.7 Å². The van der Waals surface area contributed by atoms with Gasteiger partial charge in [0.15, 0.2) is 6.23 Å². The van der Waals surface area contributed by atoms with Gasteiger partial charge in [0, 0.05) is 62.0 Å². The van der Waals surface area contributed by atoms with E-state index in [1.807, 2.05) is 43.4 Å². The van der Waals surface area contributed by atoms with Crippen molar-refractivity contribution in [3.63, 3.8) is 0 Å². The number of fused-ring (bicyclic) bond motifs is 4. The first-order valence-electron chi connectivity index (χ1n) is 14.4. The molecule has 2 saturated heterocycles. The summed E-state index contributed by atoms with van der Waals surface area (Å²) in [6.07, 6.45) is 3.86. The number of hydrogen-bond donors (Lipinski definition) is 1. The Morgan fingerprint density at radius 3 is 2.63 bits per heavy atom. The number of pyridine rings is 1. The van der Waals surface area contributed by atoms with Crippen LogP contribution in [0.15, 0.2) is 48.7 Å². The van der Waals surface area contributed by atoms with Crippen molar-refractivity contribution in [2.75, 3.05) is 45.1 Å². The molecule has 0 aliphatic carbocycles. The largest absolute Gasteiger partial charge is 0.473 e. The third-order valence-electron chi connectivity index (χ3n) is 8.48. The summed E-state index contributed by atoms with van der Waals surface area (Å²) in [7, 11) is 2.05. The normalized spacial score (nSPS) is 22.7. The number of anilines is 1. The molecule has 3 aromatic rings. The molecule has 2 aromatic carbocycles. The lowest BCUT2D eigenvalue weighted by Crippen LogP contribution is -2.45. The highest BCUT2D eigenvalue weighted by molar-refractivity contribution is 5.93. The molecule has 3 unspecified atom stereocenters. The molecule has 5 heterocycles. The summed E-state index contributed by atoms with van der Waals surface area (Å²) in [5, 5.41) is 2.79. The maximum absolute atomic E-state index is 11.5. The first kappa shape index (κ1) is 27.4. The van der Waals surface area contributed by atoms with E-state index in [-0.39, 0.29) is 12.1 Å². The number of amides is 1. The fourth-order valence-corrected chi connectivity index (χ4v) is 5.84. The molecule has 7 rings (SSSR count). The third kappa shape index (κ3) is 5.84. The summed E-state index contributed by atoms with van der Waals surface area (Å²) >= 11 is 0. The lowest BCUT2D eigenvalue weighted by atomic mass is 10.0. The number of hydrogen-bond acceptors (Lipinski definition) is 8. The summed E-state index contributed by atoms with van der Waals surface area (Å²) < 4.78 is 11.9. The zero-order chi connectivity index (χ0) is 28.5. The number of benzene rings is 2. The third-order valence-corrected chi connectivity index (χ3v) is 8.48. The van der Waals surface area contributed by atoms with Gasteiger partial charge in [0.1, 0.15) is 29.4 Å². The minimum absolute atomic E-state index is 0.000332. The Labute approximate surface area is 241 Å². The van der Waals surface area contributed by atoms with E-state index in [1.54, 1.807) is 6.20 Å². The molecular formula is C32H37N5O4. The van der Waals surface area contributed by atoms with Crippen LogP contribution in [-0.2, 0) is 17.8 Å². The van der Waals surface area contributed by atoms with Gasteiger partial charge in [-0.2, -0.15) is 0 Å². The number of rotatable bonds is 6. The lowest BCUT2D eigenvalue weighted by Gasteiger charge is -2.34. The molecule has 9 heteroatoms. The Morgan fingerprint density at radius 2 is 1.88 bits per heavy atom. The summed E-state index contributed by atoms with van der Waals surface area (Å²) in [5.41, 5.74) is 5.45. The topological polar surface area (TPSA) is 87.0 Å². The number of likely N-dealkylation sites (N-methyl/N-ethyl adjacent to an activating group) is 2. The van der Waals surface area contributed by atoms with Crippen LogP contribution >= 0.6 is 0 Å². The summed E-state index contributed by atoms with van der Waals surface area (Å²) in [5.74, 6) is 3.06. The number of aromatic nitrogens is 1. The van der Waals surface area contributed by atoms with E-state index in [9.17, 15) is 9.59 Å². The molecule has 1 amide bonds. The second kappa shape index (κ2) is 11.6. The average molecular weight is 556 g/mol. The quantitative estimate of drug-likeness (QED) is 0.354. The number of carbonyl (C=O) groups is 2. The Kier molecular flexibility index (Phi) is 7.75. The van der Waals surface area contributed by atoms with Gasteiger partial charge < -0.3 is 19.7 Å². The highest BCUT2D eigenvalue weighted by atomic mass is 16.5. The van der Waals surface area contributed by atoms with E-state index in [0.29, 0.717) is 24.7 Å². The number of carbonyl (C=O) groups excluding carboxylic acids is 2. The number of piperazine rings is 1. The smallest absolute Gasteiger partial charge is 0.225 e. The summed E-state index contributed by atoms with van der Waals surface area (Å²) in [6.45, 7) is 11.1. The molecular weight excluding hydrogens is 518 g/mol. The van der Waals surface area contributed by atoms with Crippen LogP contribution in [-0.4, -0.2) is 77.9 Å². The zero-order valence-corrected chi connectivity index (χ0v) is 23.9. The molecule has 2 fully saturated rings. The molecule has 1 N–H and O–H groups in total. The zero-order valence-electron chi connectivity index (χ0n) is 23.9. The van der Waals surface area contributed by atoms with E-state index in [2.05, 4.69) is 44.9 Å². The van der Waals surface area contributed by atoms with Crippen LogP contribution in [0.2, 0.25) is 0 Å². The van der Waals surface area contributed by atoms with Crippen LogP contribution in [0.4, 0.5) is 5.82 Å². The Bertz CT molecular complexity index is 1450. The van der Waals surface area contributed by atoms with Gasteiger partial charge in [0.2, 0.25) is 5.91 Å². The van der Waals surface area contributed by atoms with Crippen molar-refractivity contribution in [2.45, 2.75) is 45.5 Å². The average Bonchev–Trinajstić information content (AvgIpc) is 3.45. The van der Waals surface area contributed by atoms with E-state index in [4.69, 9.17) is 9.47 Å². The molecule has 0 saturated carbocycles. The highest BCUT2D eigenvalue weighted by Crippen LogP contribution is 2.53. The molecule has 4 aliphatic rings. The van der Waals surface area contributed by atoms with Crippen molar-refractivity contribution in [3.8, 4) is 17.2 Å². The Hall–Kier alpha value is -3.79. The number of nitrogens with zero attached hydrogens (tertiary/aromatic N) is 4. The molecule has 0 bridgehead atoms. The van der Waals surface area contributed by atoms with Crippen LogP contribution in [0.1, 0.15) is 52.0 Å². The Balaban J connectivity index is 0.000000153. The van der Waals surface area contributed by atoms with Crippen molar-refractivity contribution in [1.29, 1.82) is 0 Å². The lowest BCUT2D eigenvalue weighted by molar-refractivity contribution is -0.116. The minimum Gasteiger partial charge on any atom is -0.473 e. The monoisotopic (exact) mass is 555 g/mol. The second-order valence-corrected chi connectivity index (χ2v) is 11.1. The molecule has 0 radical (unpaired) electrons. The van der Waals surface area contributed by atoms with Crippen molar-refractivity contribution in [2.24, 2.45) is 0 Å². The van der Waals surface area contributed by atoms with Gasteiger partial charge in [0.05, 0.1) is 6.04 Å². The van der Waals surface area contributed by atoms with Crippen molar-refractivity contribution in [3.05, 3.63) is 76.5 Å². The van der Waals surface area contributed by atoms with E-state index >= 15 is 0 Å². The maximum Gasteiger partial charge on any atom is 0.225 e. The van der Waals surface area contributed by atoms with Gasteiger partial charge in [-0.3, -0.25) is 19.4 Å². The van der Waals surface area contributed by atoms with Crippen LogP contribution in [0.5, 0.6) is 17.2 Å². The van der Waals surface area contributed by atoms with Gasteiger partial charge in [0.25, 0.3) is 0 Å². The van der Waals surface area contributed by atoms with Gasteiger partial charge >= 0.3 is 0 Å². The van der Waals surface area contributed by atoms with Crippen LogP contribution < -0.4 is 14.8 Å². The molecule has 0 spiro atoms. The molecule has 214 valence electrons. The van der Waals surface area contributed by atoms with Crippen LogP contribution in [0, 0.1) is 6.92 Å². The highest BCUT2D eigenvalue weighted by Gasteiger charge is 2.54. The second-order valence-electron chi connectivity index (χ2n) is 11.1. The first-order valence-corrected chi connectivity index (χ1v) is 14.4. The minimum atomic E-state index is -0.000332. The summed E-state index contributed by atoms with van der Waals surface area (Å²) in [6, 6.07) is 14.1. The predicted octanol–water partition coefficient (Wildman–Crippen LogP) is 4.41. The van der Waals surface area contributed by atoms with E-state index in [0.717, 1.165) is 60.8 Å². The van der Waals surface area contributed by atoms with Crippen molar-refractivity contribution >= 4 is 18.0 Å². The summed E-state index contributed by atoms with van der Waals surface area (Å²) in [4.78, 5) is 33.6. The number of ether oxygens (including phenoxy) is 2. The van der Waals surface area contributed by atoms with Gasteiger partial charge in [-0.05, 0) is 68.4 Å². The molecule has 41 heavy (non-hydrogen) atoms. The molecule has 9 nitrogen and oxygen atoms in total. The van der Waals surface area contributed by atoms with Gasteiger partial charge in [-0.15, -0.1) is 0 Å². The molecule has 1 aromatic heterocycles. The number of aldehydes is 1. The maximum atomic E-state index is 11.5. The van der Waals surface area contributed by atoms with Crippen LogP contribution in [0.3, 0.4) is 0 Å². The van der Waals surface area contributed by atoms with Crippen LogP contribution in [0.25, 0.3) is 0 Å². The van der Waals surface area contributed by atoms with Gasteiger partial charge in [-0.25, -0.2) is 4.98 Å². The molecule has 3 atom stereocenters. The number of aryl methyl sites for hydroxylation is 1. The first-order chi connectivity index (χ1) is 19.9. The predicted molar refractivity (Wildman–Crippen MR) is 157 cm³/mol. The van der Waals surface area contributed by atoms with E-state index < -0.39 is 0 Å².